The molecule has 0 aliphatic carbocycles. The lowest BCUT2D eigenvalue weighted by molar-refractivity contribution is -0.138. The summed E-state index contributed by atoms with van der Waals surface area (Å²) >= 11 is 0. The van der Waals surface area contributed by atoms with Crippen LogP contribution in [0.4, 0.5) is 19.1 Å². The molecular weight excluding hydrogens is 311 g/mol. The number of nitrogen functional groups attached to an aromatic ring is 1. The van der Waals surface area contributed by atoms with Crippen molar-refractivity contribution in [2.75, 3.05) is 12.8 Å². The van der Waals surface area contributed by atoms with Gasteiger partial charge in [0, 0.05) is 11.8 Å². The largest absolute Gasteiger partial charge is 0.465 e. The number of alkyl halides is 3. The van der Waals surface area contributed by atoms with Gasteiger partial charge in [-0.2, -0.15) is 13.2 Å². The molecule has 8 heteroatoms. The van der Waals surface area contributed by atoms with Crippen LogP contribution in [0.15, 0.2) is 30.5 Å². The van der Waals surface area contributed by atoms with E-state index in [9.17, 15) is 18.0 Å². The van der Waals surface area contributed by atoms with Crippen LogP contribution in [-0.4, -0.2) is 23.0 Å². The zero-order valence-electron chi connectivity index (χ0n) is 11.8. The molecule has 118 valence electrons. The van der Waals surface area contributed by atoms with Crippen LogP contribution in [0, 0.1) is 11.8 Å². The highest BCUT2D eigenvalue weighted by atomic mass is 19.4. The fourth-order valence-electron chi connectivity index (χ4n) is 1.67. The molecule has 0 aliphatic heterocycles. The second kappa shape index (κ2) is 6.36. The summed E-state index contributed by atoms with van der Waals surface area (Å²) < 4.78 is 43.2. The monoisotopic (exact) mass is 321 g/mol. The van der Waals surface area contributed by atoms with E-state index in [4.69, 9.17) is 5.73 Å². The molecule has 5 nitrogen and oxygen atoms in total. The van der Waals surface area contributed by atoms with Crippen LogP contribution in [0.2, 0.25) is 0 Å². The van der Waals surface area contributed by atoms with E-state index in [1.807, 2.05) is 0 Å². The van der Waals surface area contributed by atoms with Gasteiger partial charge in [-0.3, -0.25) is 0 Å². The molecule has 0 radical (unpaired) electrons. The summed E-state index contributed by atoms with van der Waals surface area (Å²) in [6.07, 6.45) is -4.07. The van der Waals surface area contributed by atoms with E-state index in [1.54, 1.807) is 0 Å². The molecule has 0 amide bonds. The summed E-state index contributed by atoms with van der Waals surface area (Å²) in [7, 11) is 1.22. The number of anilines is 1. The second-order valence-corrected chi connectivity index (χ2v) is 4.31. The minimum absolute atomic E-state index is 0.234. The molecule has 2 N–H and O–H groups in total. The minimum atomic E-state index is -4.65. The van der Waals surface area contributed by atoms with Crippen molar-refractivity contribution in [3.63, 3.8) is 0 Å². The third-order valence-corrected chi connectivity index (χ3v) is 2.72. The average molecular weight is 321 g/mol. The van der Waals surface area contributed by atoms with Gasteiger partial charge >= 0.3 is 12.1 Å². The Morgan fingerprint density at radius 2 is 2.04 bits per heavy atom. The number of nitrogens with zero attached hydrogens (tertiary/aromatic N) is 2. The van der Waals surface area contributed by atoms with E-state index in [-0.39, 0.29) is 11.5 Å². The number of ether oxygens (including phenoxy) is 1. The minimum Gasteiger partial charge on any atom is -0.465 e. The highest BCUT2D eigenvalue weighted by molar-refractivity contribution is 5.89. The molecule has 2 aromatic rings. The Kier molecular flexibility index (Phi) is 4.50. The Hall–Kier alpha value is -3.08. The van der Waals surface area contributed by atoms with E-state index in [0.717, 1.165) is 0 Å². The lowest BCUT2D eigenvalue weighted by Gasteiger charge is -2.07. The Balaban J connectivity index is 2.43. The molecule has 0 spiro atoms. The highest BCUT2D eigenvalue weighted by Crippen LogP contribution is 2.30. The van der Waals surface area contributed by atoms with Crippen LogP contribution >= 0.6 is 0 Å². The first kappa shape index (κ1) is 16.3. The van der Waals surface area contributed by atoms with Gasteiger partial charge < -0.3 is 10.5 Å². The maximum Gasteiger partial charge on any atom is 0.420 e. The van der Waals surface area contributed by atoms with Gasteiger partial charge in [-0.1, -0.05) is 12.0 Å². The highest BCUT2D eigenvalue weighted by Gasteiger charge is 2.34. The van der Waals surface area contributed by atoms with E-state index in [1.165, 1.54) is 31.4 Å². The molecule has 0 saturated heterocycles. The van der Waals surface area contributed by atoms with E-state index in [0.29, 0.717) is 11.8 Å². The number of aromatic nitrogens is 2. The standard InChI is InChI=1S/C15H10F3N3O2/c1-23-13(22)10-4-2-3-9(7-10)5-6-12-11(15(16,17)18)8-20-14(19)21-12/h2-4,7-8H,1H3,(H2,19,20,21). The third kappa shape index (κ3) is 3.97. The number of carbonyl (C=O) groups is 1. The number of hydrogen-bond acceptors (Lipinski definition) is 5. The Labute approximate surface area is 129 Å². The summed E-state index contributed by atoms with van der Waals surface area (Å²) in [4.78, 5) is 18.3. The molecule has 2 rings (SSSR count). The lowest BCUT2D eigenvalue weighted by Crippen LogP contribution is -2.11. The van der Waals surface area contributed by atoms with Crippen molar-refractivity contribution in [1.82, 2.24) is 9.97 Å². The number of nitrogens with two attached hydrogens (primary N) is 1. The van der Waals surface area contributed by atoms with Crippen molar-refractivity contribution in [1.29, 1.82) is 0 Å². The molecule has 23 heavy (non-hydrogen) atoms. The van der Waals surface area contributed by atoms with Crippen molar-refractivity contribution >= 4 is 11.9 Å². The summed E-state index contributed by atoms with van der Waals surface area (Å²) in [6, 6.07) is 5.98. The van der Waals surface area contributed by atoms with Crippen LogP contribution in [0.3, 0.4) is 0 Å². The maximum absolute atomic E-state index is 12.9. The van der Waals surface area contributed by atoms with Gasteiger partial charge in [0.05, 0.1) is 12.7 Å². The van der Waals surface area contributed by atoms with E-state index < -0.39 is 23.4 Å². The smallest absolute Gasteiger partial charge is 0.420 e. The Bertz CT molecular complexity index is 808. The fourth-order valence-corrected chi connectivity index (χ4v) is 1.67. The topological polar surface area (TPSA) is 78.1 Å². The summed E-state index contributed by atoms with van der Waals surface area (Å²) in [5.74, 6) is 3.94. The lowest BCUT2D eigenvalue weighted by atomic mass is 10.1. The molecule has 1 aromatic carbocycles. The van der Waals surface area contributed by atoms with Crippen molar-refractivity contribution in [2.24, 2.45) is 0 Å². The molecule has 1 heterocycles. The molecule has 0 unspecified atom stereocenters. The molecule has 0 bridgehead atoms. The van der Waals surface area contributed by atoms with Gasteiger partial charge in [0.25, 0.3) is 0 Å². The van der Waals surface area contributed by atoms with Crippen molar-refractivity contribution in [3.8, 4) is 11.8 Å². The second-order valence-electron chi connectivity index (χ2n) is 4.31. The van der Waals surface area contributed by atoms with Crippen molar-refractivity contribution in [3.05, 3.63) is 52.8 Å². The van der Waals surface area contributed by atoms with Gasteiger partial charge in [-0.05, 0) is 24.1 Å². The summed E-state index contributed by atoms with van der Waals surface area (Å²) in [5, 5.41) is 0. The van der Waals surface area contributed by atoms with Crippen LogP contribution in [-0.2, 0) is 10.9 Å². The molecular formula is C15H10F3N3O2. The summed E-state index contributed by atoms with van der Waals surface area (Å²) in [6.45, 7) is 0. The van der Waals surface area contributed by atoms with Gasteiger partial charge in [0.15, 0.2) is 0 Å². The van der Waals surface area contributed by atoms with Gasteiger partial charge in [0.1, 0.15) is 11.3 Å². The van der Waals surface area contributed by atoms with E-state index >= 15 is 0 Å². The van der Waals surface area contributed by atoms with Gasteiger partial charge in [-0.15, -0.1) is 0 Å². The number of carbonyl (C=O) groups excluding carboxylic acids is 1. The first-order chi connectivity index (χ1) is 10.8. The zero-order chi connectivity index (χ0) is 17.0. The van der Waals surface area contributed by atoms with Gasteiger partial charge in [-0.25, -0.2) is 14.8 Å². The maximum atomic E-state index is 12.9. The first-order valence-electron chi connectivity index (χ1n) is 6.21. The molecule has 0 saturated carbocycles. The number of benzene rings is 1. The first-order valence-corrected chi connectivity index (χ1v) is 6.21. The molecule has 0 aliphatic rings. The van der Waals surface area contributed by atoms with Crippen molar-refractivity contribution < 1.29 is 22.7 Å². The van der Waals surface area contributed by atoms with Crippen LogP contribution in [0.25, 0.3) is 0 Å². The number of esters is 1. The van der Waals surface area contributed by atoms with Crippen molar-refractivity contribution in [2.45, 2.75) is 6.18 Å². The predicted molar refractivity (Wildman–Crippen MR) is 75.2 cm³/mol. The third-order valence-electron chi connectivity index (χ3n) is 2.72. The molecule has 0 atom stereocenters. The number of methoxy groups -OCH3 is 1. The van der Waals surface area contributed by atoms with Gasteiger partial charge in [0.2, 0.25) is 5.95 Å². The molecule has 1 aromatic heterocycles. The zero-order valence-corrected chi connectivity index (χ0v) is 11.8. The summed E-state index contributed by atoms with van der Waals surface area (Å²) in [5.41, 5.74) is 4.25. The van der Waals surface area contributed by atoms with Crippen LogP contribution in [0.5, 0.6) is 0 Å². The predicted octanol–water partition coefficient (Wildman–Crippen LogP) is 2.26. The molecule has 0 fully saturated rings. The van der Waals surface area contributed by atoms with Crippen LogP contribution in [0.1, 0.15) is 27.2 Å². The number of hydrogen-bond donors (Lipinski definition) is 1. The van der Waals surface area contributed by atoms with Crippen LogP contribution < -0.4 is 5.73 Å². The SMILES string of the molecule is COC(=O)c1cccc(C#Cc2nc(N)ncc2C(F)(F)F)c1. The number of rotatable bonds is 1. The average Bonchev–Trinajstić information content (AvgIpc) is 2.51. The Morgan fingerprint density at radius 3 is 2.70 bits per heavy atom. The Morgan fingerprint density at radius 1 is 1.30 bits per heavy atom. The van der Waals surface area contributed by atoms with E-state index in [2.05, 4.69) is 26.5 Å². The normalized spacial score (nSPS) is 10.6. The number of halogens is 3. The fraction of sp³-hybridized carbons (Fsp3) is 0.133. The quantitative estimate of drug-likeness (QED) is 0.644.